The summed E-state index contributed by atoms with van der Waals surface area (Å²) in [5.74, 6) is 1.86. The van der Waals surface area contributed by atoms with E-state index < -0.39 is 37.2 Å². The molecule has 0 amide bonds. The van der Waals surface area contributed by atoms with Crippen molar-refractivity contribution in [2.24, 2.45) is 22.7 Å². The second-order valence-corrected chi connectivity index (χ2v) is 29.3. The maximum absolute atomic E-state index is 18.7. The van der Waals surface area contributed by atoms with Crippen molar-refractivity contribution >= 4 is 47.0 Å². The Morgan fingerprint density at radius 3 is 2.03 bits per heavy atom. The van der Waals surface area contributed by atoms with Crippen LogP contribution in [0.2, 0.25) is 16.6 Å². The van der Waals surface area contributed by atoms with Gasteiger partial charge in [-0.3, -0.25) is 4.90 Å². The van der Waals surface area contributed by atoms with Gasteiger partial charge in [0.2, 0.25) is 0 Å². The van der Waals surface area contributed by atoms with Gasteiger partial charge in [0.05, 0.1) is 28.1 Å². The molecule has 396 valence electrons. The first-order valence-electron chi connectivity index (χ1n) is 27.7. The molecule has 0 spiro atoms. The van der Waals surface area contributed by atoms with Gasteiger partial charge in [-0.1, -0.05) is 171 Å². The zero-order valence-electron chi connectivity index (χ0n) is 45.6. The molecule has 7 aromatic rings. The van der Waals surface area contributed by atoms with Crippen molar-refractivity contribution in [3.05, 3.63) is 173 Å². The number of benzene rings is 6. The van der Waals surface area contributed by atoms with Crippen LogP contribution in [0.3, 0.4) is 0 Å². The number of aromatic nitrogens is 2. The molecule has 0 saturated carbocycles. The van der Waals surface area contributed by atoms with Gasteiger partial charge in [0.25, 0.3) is 0 Å². The molecule has 11 rings (SSSR count). The average Bonchev–Trinajstić information content (AvgIpc) is 4.09. The van der Waals surface area contributed by atoms with Gasteiger partial charge in [-0.05, 0) is 100.0 Å². The van der Waals surface area contributed by atoms with Crippen molar-refractivity contribution in [1.82, 2.24) is 14.9 Å². The summed E-state index contributed by atoms with van der Waals surface area (Å²) in [5.41, 5.74) is 7.44. The summed E-state index contributed by atoms with van der Waals surface area (Å²) in [6.07, 6.45) is 5.60. The molecule has 3 fully saturated rings. The highest BCUT2D eigenvalue weighted by Crippen LogP contribution is 2.51. The number of halogens is 4. The molecule has 6 nitrogen and oxygen atoms in total. The summed E-state index contributed by atoms with van der Waals surface area (Å²) in [4.78, 5) is 19.4. The molecule has 77 heavy (non-hydrogen) atoms. The van der Waals surface area contributed by atoms with E-state index >= 15 is 17.6 Å². The third kappa shape index (κ3) is 9.37. The van der Waals surface area contributed by atoms with E-state index in [1.165, 1.54) is 17.7 Å². The van der Waals surface area contributed by atoms with E-state index in [2.05, 4.69) is 113 Å². The van der Waals surface area contributed by atoms with Crippen LogP contribution in [0.15, 0.2) is 138 Å². The van der Waals surface area contributed by atoms with E-state index in [9.17, 15) is 0 Å². The van der Waals surface area contributed by atoms with Gasteiger partial charge in [0.1, 0.15) is 43.8 Å². The maximum atomic E-state index is 18.7. The minimum Gasteiger partial charge on any atom is -0.461 e. The lowest BCUT2D eigenvalue weighted by atomic mass is 9.64. The van der Waals surface area contributed by atoms with Gasteiger partial charge in [0.15, 0.2) is 5.82 Å². The predicted octanol–water partition coefficient (Wildman–Crippen LogP) is 15.8. The summed E-state index contributed by atoms with van der Waals surface area (Å²) >= 11 is 0. The number of hydrogen-bond acceptors (Lipinski definition) is 6. The van der Waals surface area contributed by atoms with E-state index in [0.717, 1.165) is 30.5 Å². The predicted molar refractivity (Wildman–Crippen MR) is 308 cm³/mol. The maximum Gasteiger partial charge on any atom is 0.319 e. The minimum absolute atomic E-state index is 0.0620. The number of alkyl halides is 1. The Morgan fingerprint density at radius 1 is 0.779 bits per heavy atom. The minimum atomic E-state index is -2.44. The Kier molecular flexibility index (Phi) is 14.1. The van der Waals surface area contributed by atoms with Crippen LogP contribution in [0.25, 0.3) is 32.8 Å². The monoisotopic (exact) mass is 1050 g/mol. The molecule has 2 unspecified atom stereocenters. The molecule has 3 aliphatic heterocycles. The summed E-state index contributed by atoms with van der Waals surface area (Å²) in [7, 11) is -2.44. The average molecular weight is 1050 g/mol. The summed E-state index contributed by atoms with van der Waals surface area (Å²) in [6, 6.07) is 38.0. The summed E-state index contributed by atoms with van der Waals surface area (Å²) in [5, 5.41) is 1.01. The van der Waals surface area contributed by atoms with Crippen LogP contribution in [0.5, 0.6) is 6.01 Å². The summed E-state index contributed by atoms with van der Waals surface area (Å²) < 4.78 is 75.3. The number of hydrogen-bond donors (Lipinski definition) is 0. The van der Waals surface area contributed by atoms with Crippen LogP contribution in [-0.4, -0.2) is 73.1 Å². The molecule has 2 bridgehead atoms. The highest BCUT2D eigenvalue weighted by atomic mass is 28.3. The molecule has 1 aromatic heterocycles. The van der Waals surface area contributed by atoms with Crippen molar-refractivity contribution in [2.45, 2.75) is 108 Å². The van der Waals surface area contributed by atoms with Crippen LogP contribution in [0.1, 0.15) is 96.9 Å². The Hall–Kier alpha value is -6.61. The molecule has 4 heterocycles. The Labute approximate surface area is 452 Å². The molecule has 3 saturated heterocycles. The molecule has 0 radical (unpaired) electrons. The van der Waals surface area contributed by atoms with Crippen LogP contribution >= 0.6 is 0 Å². The Bertz CT molecular complexity index is 3400. The number of nitrogens with zero attached hydrogens (tertiary/aromatic N) is 5. The fourth-order valence-electron chi connectivity index (χ4n) is 14.5. The van der Waals surface area contributed by atoms with Gasteiger partial charge in [-0.2, -0.15) is 9.97 Å². The molecular weight excluding hydrogens is 983 g/mol. The number of aliphatic imine (C=N–C) groups is 1. The smallest absolute Gasteiger partial charge is 0.319 e. The number of anilines is 1. The first-order chi connectivity index (χ1) is 37.0. The van der Waals surface area contributed by atoms with Gasteiger partial charge >= 0.3 is 6.01 Å². The Balaban J connectivity index is 1.13. The molecular formula is C66H69F4N5OSi. The SMILES string of the molecule is CC(C)[Si](C#Cc1c(F)ccc2cc(N=C(c3ccccc3)c3ccccc3)cc(-c3c(F)cc4c(N5CC6C=CC(C5)C6C(C)(C)c5ccccc5)nc(OC[C@@]56CCCN5C[C@H](F)C6)nc4c3F)c12)(C(C)C)C(C)C. The fourth-order valence-corrected chi connectivity index (χ4v) is 19.7. The van der Waals surface area contributed by atoms with Crippen LogP contribution in [0, 0.1) is 46.7 Å². The van der Waals surface area contributed by atoms with Crippen molar-refractivity contribution < 1.29 is 22.3 Å². The lowest BCUT2D eigenvalue weighted by Gasteiger charge is -2.46. The molecule has 0 N–H and O–H groups in total. The first kappa shape index (κ1) is 52.4. The van der Waals surface area contributed by atoms with Crippen LogP contribution in [-0.2, 0) is 5.41 Å². The van der Waals surface area contributed by atoms with Gasteiger partial charge in [-0.25, -0.2) is 22.6 Å². The molecule has 11 heteroatoms. The molecule has 1 aliphatic carbocycles. The van der Waals surface area contributed by atoms with Crippen molar-refractivity contribution in [1.29, 1.82) is 0 Å². The highest BCUT2D eigenvalue weighted by molar-refractivity contribution is 6.90. The number of rotatable bonds is 13. The van der Waals surface area contributed by atoms with Crippen molar-refractivity contribution in [2.75, 3.05) is 37.7 Å². The van der Waals surface area contributed by atoms with E-state index in [1.807, 2.05) is 72.8 Å². The third-order valence-electron chi connectivity index (χ3n) is 18.0. The largest absolute Gasteiger partial charge is 0.461 e. The van der Waals surface area contributed by atoms with Crippen LogP contribution in [0.4, 0.5) is 29.1 Å². The zero-order chi connectivity index (χ0) is 54.0. The quantitative estimate of drug-likeness (QED) is 0.0379. The topological polar surface area (TPSA) is 53.9 Å². The second kappa shape index (κ2) is 20.6. The third-order valence-corrected chi connectivity index (χ3v) is 24.3. The zero-order valence-corrected chi connectivity index (χ0v) is 46.6. The lowest BCUT2D eigenvalue weighted by molar-refractivity contribution is 0.107. The Morgan fingerprint density at radius 2 is 1.40 bits per heavy atom. The van der Waals surface area contributed by atoms with Gasteiger partial charge in [0, 0.05) is 48.0 Å². The van der Waals surface area contributed by atoms with E-state index in [4.69, 9.17) is 19.7 Å². The number of fused-ring (bicyclic) bond motifs is 5. The van der Waals surface area contributed by atoms with Crippen LogP contribution < -0.4 is 9.64 Å². The molecule has 6 aromatic carbocycles. The van der Waals surface area contributed by atoms with Crippen molar-refractivity contribution in [3.8, 4) is 28.6 Å². The van der Waals surface area contributed by atoms with E-state index in [0.29, 0.717) is 48.7 Å². The first-order valence-corrected chi connectivity index (χ1v) is 29.9. The fraction of sp³-hybridized carbons (Fsp3) is 0.379. The normalized spacial score (nSPS) is 21.4. The van der Waals surface area contributed by atoms with E-state index in [1.54, 1.807) is 12.1 Å². The number of piperidine rings is 1. The van der Waals surface area contributed by atoms with Gasteiger partial charge in [-0.15, -0.1) is 5.54 Å². The summed E-state index contributed by atoms with van der Waals surface area (Å²) in [6.45, 7) is 20.1. The lowest BCUT2D eigenvalue weighted by Crippen LogP contribution is -2.49. The van der Waals surface area contributed by atoms with Crippen molar-refractivity contribution in [3.63, 3.8) is 0 Å². The van der Waals surface area contributed by atoms with E-state index in [-0.39, 0.29) is 85.4 Å². The molecule has 4 aliphatic rings. The number of ether oxygens (including phenoxy) is 1. The standard InChI is InChI=1S/C66H69F4N5OSi/c1-41(2)77(42(3)4,43(5)6)32-29-52-55(68)28-27-46-33-51(71-61(44-19-12-9-13-20-44)45-21-14-10-15-22-45)34-53(57(46)52)58-56(69)35-54-62(60(58)70)72-64(76-40-66-30-18-31-75(66)39-50(67)36-66)73-63(54)74-37-47-25-26-48(38-74)59(47)65(7,8)49-23-16-11-17-24-49/h9-17,19-28,33-35,41-43,47-48,50,59H,18,30-31,36-40H2,1-8H3/t47?,48?,50-,59?,66+/m1/s1. The highest BCUT2D eigenvalue weighted by Gasteiger charge is 2.50. The second-order valence-electron chi connectivity index (χ2n) is 23.7. The molecule has 4 atom stereocenters. The van der Waals surface area contributed by atoms with Gasteiger partial charge < -0.3 is 9.64 Å².